The largest absolute Gasteiger partial charge is 0.493 e. The second-order valence-corrected chi connectivity index (χ2v) is 4.27. The molecule has 0 fully saturated rings. The van der Waals surface area contributed by atoms with E-state index in [0.29, 0.717) is 31.2 Å². The van der Waals surface area contributed by atoms with Crippen molar-refractivity contribution in [1.82, 2.24) is 5.32 Å². The first-order valence-electron chi connectivity index (χ1n) is 6.39. The molecule has 1 atom stereocenters. The number of hydrogen-bond donors (Lipinski definition) is 2. The Labute approximate surface area is 126 Å². The fraction of sp³-hybridized carbons (Fsp3) is 0.500. The van der Waals surface area contributed by atoms with Crippen LogP contribution in [0.1, 0.15) is 19.4 Å². The minimum atomic E-state index is -0.176. The maximum atomic E-state index is 11.6. The van der Waals surface area contributed by atoms with E-state index in [-0.39, 0.29) is 24.2 Å². The number of benzene rings is 1. The van der Waals surface area contributed by atoms with E-state index in [1.165, 1.54) is 0 Å². The van der Waals surface area contributed by atoms with E-state index >= 15 is 0 Å². The summed E-state index contributed by atoms with van der Waals surface area (Å²) >= 11 is 0. The van der Waals surface area contributed by atoms with Gasteiger partial charge in [0.25, 0.3) is 0 Å². The molecule has 1 aromatic rings. The normalized spacial score (nSPS) is 11.2. The minimum absolute atomic E-state index is 0. The molecular weight excluding hydrogens is 280 g/mol. The number of carbonyl (C=O) groups is 1. The molecule has 1 rings (SSSR count). The molecule has 0 bridgehead atoms. The number of methoxy groups -OCH3 is 1. The number of rotatable bonds is 7. The molecule has 6 heteroatoms. The van der Waals surface area contributed by atoms with Crippen LogP contribution >= 0.6 is 12.4 Å². The van der Waals surface area contributed by atoms with Crippen LogP contribution in [0.25, 0.3) is 0 Å². The molecule has 1 amide bonds. The SMILES string of the molecule is CCOc1cc(CNC(=O)C(C)CN)ccc1OC.Cl. The van der Waals surface area contributed by atoms with Crippen molar-refractivity contribution < 1.29 is 14.3 Å². The van der Waals surface area contributed by atoms with Crippen molar-refractivity contribution in [3.63, 3.8) is 0 Å². The number of hydrogen-bond acceptors (Lipinski definition) is 4. The van der Waals surface area contributed by atoms with Gasteiger partial charge in [0.1, 0.15) is 0 Å². The van der Waals surface area contributed by atoms with Gasteiger partial charge in [0.2, 0.25) is 5.91 Å². The molecule has 0 aliphatic heterocycles. The van der Waals surface area contributed by atoms with Crippen LogP contribution in [0, 0.1) is 5.92 Å². The zero-order valence-electron chi connectivity index (χ0n) is 12.1. The summed E-state index contributed by atoms with van der Waals surface area (Å²) < 4.78 is 10.7. The predicted octanol–water partition coefficient (Wildman–Crippen LogP) is 1.73. The molecular formula is C14H23ClN2O3. The maximum Gasteiger partial charge on any atom is 0.224 e. The Balaban J connectivity index is 0.00000361. The standard InChI is InChI=1S/C14H22N2O3.ClH/c1-4-19-13-7-11(5-6-12(13)18-3)9-16-14(17)10(2)8-15;/h5-7,10H,4,8-9,15H2,1-3H3,(H,16,17);1H. The third-order valence-corrected chi connectivity index (χ3v) is 2.80. The van der Waals surface area contributed by atoms with Crippen molar-refractivity contribution in [1.29, 1.82) is 0 Å². The number of nitrogens with one attached hydrogen (secondary N) is 1. The zero-order chi connectivity index (χ0) is 14.3. The van der Waals surface area contributed by atoms with E-state index in [2.05, 4.69) is 5.32 Å². The van der Waals surface area contributed by atoms with Crippen LogP contribution in [0.2, 0.25) is 0 Å². The lowest BCUT2D eigenvalue weighted by Crippen LogP contribution is -2.32. The van der Waals surface area contributed by atoms with Crippen LogP contribution in [-0.4, -0.2) is 26.2 Å². The van der Waals surface area contributed by atoms with E-state index < -0.39 is 0 Å². The van der Waals surface area contributed by atoms with Gasteiger partial charge in [0.15, 0.2) is 11.5 Å². The highest BCUT2D eigenvalue weighted by Crippen LogP contribution is 2.27. The van der Waals surface area contributed by atoms with Crippen LogP contribution in [-0.2, 0) is 11.3 Å². The highest BCUT2D eigenvalue weighted by atomic mass is 35.5. The molecule has 0 aromatic heterocycles. The van der Waals surface area contributed by atoms with Crippen molar-refractivity contribution in [3.05, 3.63) is 23.8 Å². The molecule has 5 nitrogen and oxygen atoms in total. The van der Waals surface area contributed by atoms with Gasteiger partial charge in [0, 0.05) is 19.0 Å². The van der Waals surface area contributed by atoms with E-state index in [1.807, 2.05) is 25.1 Å². The average Bonchev–Trinajstić information content (AvgIpc) is 2.44. The summed E-state index contributed by atoms with van der Waals surface area (Å²) in [6, 6.07) is 5.60. The minimum Gasteiger partial charge on any atom is -0.493 e. The summed E-state index contributed by atoms with van der Waals surface area (Å²) in [5.74, 6) is 1.15. The maximum absolute atomic E-state index is 11.6. The Kier molecular flexibility index (Phi) is 8.76. The molecule has 0 saturated carbocycles. The fourth-order valence-electron chi connectivity index (χ4n) is 1.57. The molecule has 0 radical (unpaired) electrons. The van der Waals surface area contributed by atoms with Crippen molar-refractivity contribution in [2.24, 2.45) is 11.7 Å². The number of halogens is 1. The van der Waals surface area contributed by atoms with E-state index in [0.717, 1.165) is 5.56 Å². The molecule has 0 saturated heterocycles. The number of carbonyl (C=O) groups excluding carboxylic acids is 1. The summed E-state index contributed by atoms with van der Waals surface area (Å²) in [4.78, 5) is 11.6. The summed E-state index contributed by atoms with van der Waals surface area (Å²) in [6.07, 6.45) is 0. The number of amides is 1. The molecule has 1 unspecified atom stereocenters. The van der Waals surface area contributed by atoms with Gasteiger partial charge >= 0.3 is 0 Å². The van der Waals surface area contributed by atoms with Crippen LogP contribution in [0.15, 0.2) is 18.2 Å². The average molecular weight is 303 g/mol. The molecule has 0 heterocycles. The lowest BCUT2D eigenvalue weighted by molar-refractivity contribution is -0.124. The topological polar surface area (TPSA) is 73.6 Å². The van der Waals surface area contributed by atoms with E-state index in [9.17, 15) is 4.79 Å². The van der Waals surface area contributed by atoms with Gasteiger partial charge in [-0.2, -0.15) is 0 Å². The first-order chi connectivity index (χ1) is 9.12. The fourth-order valence-corrected chi connectivity index (χ4v) is 1.57. The summed E-state index contributed by atoms with van der Waals surface area (Å²) in [5.41, 5.74) is 6.41. The lowest BCUT2D eigenvalue weighted by atomic mass is 10.1. The third kappa shape index (κ3) is 5.27. The van der Waals surface area contributed by atoms with Crippen molar-refractivity contribution in [2.75, 3.05) is 20.3 Å². The summed E-state index contributed by atoms with van der Waals surface area (Å²) in [6.45, 7) is 5.08. The Hall–Kier alpha value is -1.46. The van der Waals surface area contributed by atoms with Crippen LogP contribution in [0.5, 0.6) is 11.5 Å². The van der Waals surface area contributed by atoms with Crippen molar-refractivity contribution in [2.45, 2.75) is 20.4 Å². The van der Waals surface area contributed by atoms with Gasteiger partial charge in [-0.25, -0.2) is 0 Å². The van der Waals surface area contributed by atoms with Gasteiger partial charge in [-0.3, -0.25) is 4.79 Å². The van der Waals surface area contributed by atoms with E-state index in [4.69, 9.17) is 15.2 Å². The smallest absolute Gasteiger partial charge is 0.224 e. The van der Waals surface area contributed by atoms with Crippen molar-refractivity contribution >= 4 is 18.3 Å². The Morgan fingerprint density at radius 2 is 2.10 bits per heavy atom. The Morgan fingerprint density at radius 1 is 1.40 bits per heavy atom. The van der Waals surface area contributed by atoms with E-state index in [1.54, 1.807) is 14.0 Å². The molecule has 114 valence electrons. The molecule has 20 heavy (non-hydrogen) atoms. The lowest BCUT2D eigenvalue weighted by Gasteiger charge is -2.13. The molecule has 3 N–H and O–H groups in total. The van der Waals surface area contributed by atoms with Gasteiger partial charge in [-0.05, 0) is 24.6 Å². The molecule has 0 aliphatic carbocycles. The van der Waals surface area contributed by atoms with Crippen LogP contribution < -0.4 is 20.5 Å². The van der Waals surface area contributed by atoms with Crippen molar-refractivity contribution in [3.8, 4) is 11.5 Å². The second-order valence-electron chi connectivity index (χ2n) is 4.27. The monoisotopic (exact) mass is 302 g/mol. The Bertz CT molecular complexity index is 427. The first kappa shape index (κ1) is 18.5. The molecule has 0 spiro atoms. The van der Waals surface area contributed by atoms with Crippen LogP contribution in [0.3, 0.4) is 0 Å². The highest BCUT2D eigenvalue weighted by molar-refractivity contribution is 5.85. The van der Waals surface area contributed by atoms with Gasteiger partial charge in [-0.15, -0.1) is 12.4 Å². The number of nitrogens with two attached hydrogens (primary N) is 1. The van der Waals surface area contributed by atoms with Crippen LogP contribution in [0.4, 0.5) is 0 Å². The molecule has 1 aromatic carbocycles. The summed E-state index contributed by atoms with van der Waals surface area (Å²) in [7, 11) is 1.60. The van der Waals surface area contributed by atoms with Gasteiger partial charge in [0.05, 0.1) is 13.7 Å². The summed E-state index contributed by atoms with van der Waals surface area (Å²) in [5, 5.41) is 2.84. The van der Waals surface area contributed by atoms with Gasteiger partial charge in [-0.1, -0.05) is 13.0 Å². The second kappa shape index (κ2) is 9.44. The highest BCUT2D eigenvalue weighted by Gasteiger charge is 2.11. The van der Waals surface area contributed by atoms with Gasteiger partial charge < -0.3 is 20.5 Å². The predicted molar refractivity (Wildman–Crippen MR) is 81.5 cm³/mol. The zero-order valence-corrected chi connectivity index (χ0v) is 13.0. The Morgan fingerprint density at radius 3 is 2.65 bits per heavy atom. The molecule has 0 aliphatic rings. The number of ether oxygens (including phenoxy) is 2. The first-order valence-corrected chi connectivity index (χ1v) is 6.39. The quantitative estimate of drug-likeness (QED) is 0.804. The third-order valence-electron chi connectivity index (χ3n) is 2.80.